The molecule has 0 spiro atoms. The Bertz CT molecular complexity index is 851. The van der Waals surface area contributed by atoms with E-state index in [1.54, 1.807) is 23.5 Å². The number of hydrogen-bond acceptors (Lipinski definition) is 6. The number of furan rings is 1. The molecule has 4 heterocycles. The number of imidazole rings is 1. The van der Waals surface area contributed by atoms with Gasteiger partial charge in [-0.1, -0.05) is 12.1 Å². The highest BCUT2D eigenvalue weighted by Crippen LogP contribution is 2.31. The second kappa shape index (κ2) is 6.54. The molecule has 0 saturated carbocycles. The normalized spacial score (nSPS) is 17.3. The molecule has 8 nitrogen and oxygen atoms in total. The standard InChI is InChI=1S/C17H19N5O3/c1-2-15-19-16(20-25-15)13-4-3-8-22(13)17(23)14-6-5-12(24-14)10-21-9-7-18-11-21/h5-7,9,11,13H,2-4,8,10H2,1H3/t13-/m0/s1. The SMILES string of the molecule is CCc1nc([C@@H]2CCCN2C(=O)c2ccc(Cn3ccnc3)o2)no1. The van der Waals surface area contributed by atoms with Crippen molar-refractivity contribution in [1.29, 1.82) is 0 Å². The number of carbonyl (C=O) groups is 1. The third kappa shape index (κ3) is 3.07. The van der Waals surface area contributed by atoms with E-state index in [1.807, 2.05) is 23.8 Å². The Morgan fingerprint density at radius 2 is 2.32 bits per heavy atom. The van der Waals surface area contributed by atoms with Crippen LogP contribution in [-0.2, 0) is 13.0 Å². The van der Waals surface area contributed by atoms with Crippen molar-refractivity contribution in [2.45, 2.75) is 38.8 Å². The number of nitrogens with zero attached hydrogens (tertiary/aromatic N) is 5. The van der Waals surface area contributed by atoms with E-state index in [0.717, 1.165) is 12.8 Å². The van der Waals surface area contributed by atoms with Crippen LogP contribution in [0.5, 0.6) is 0 Å². The van der Waals surface area contributed by atoms with E-state index in [2.05, 4.69) is 15.1 Å². The van der Waals surface area contributed by atoms with Gasteiger partial charge >= 0.3 is 0 Å². The predicted molar refractivity (Wildman–Crippen MR) is 86.7 cm³/mol. The number of carbonyl (C=O) groups excluding carboxylic acids is 1. The molecule has 8 heteroatoms. The second-order valence-electron chi connectivity index (χ2n) is 6.06. The largest absolute Gasteiger partial charge is 0.454 e. The highest BCUT2D eigenvalue weighted by atomic mass is 16.5. The Hall–Kier alpha value is -2.90. The van der Waals surface area contributed by atoms with Crippen molar-refractivity contribution in [3.63, 3.8) is 0 Å². The lowest BCUT2D eigenvalue weighted by atomic mass is 10.2. The third-order valence-electron chi connectivity index (χ3n) is 4.37. The molecule has 1 fully saturated rings. The van der Waals surface area contributed by atoms with Gasteiger partial charge in [-0.15, -0.1) is 0 Å². The fraction of sp³-hybridized carbons (Fsp3) is 0.412. The summed E-state index contributed by atoms with van der Waals surface area (Å²) in [6, 6.07) is 3.39. The first kappa shape index (κ1) is 15.6. The fourth-order valence-corrected chi connectivity index (χ4v) is 3.10. The first-order valence-electron chi connectivity index (χ1n) is 8.42. The van der Waals surface area contributed by atoms with Gasteiger partial charge in [0, 0.05) is 25.4 Å². The van der Waals surface area contributed by atoms with E-state index in [9.17, 15) is 4.79 Å². The van der Waals surface area contributed by atoms with Crippen LogP contribution in [0.3, 0.4) is 0 Å². The molecule has 3 aromatic rings. The van der Waals surface area contributed by atoms with Crippen molar-refractivity contribution in [2.75, 3.05) is 6.54 Å². The second-order valence-corrected chi connectivity index (χ2v) is 6.06. The molecular weight excluding hydrogens is 322 g/mol. The molecule has 1 amide bonds. The van der Waals surface area contributed by atoms with Gasteiger partial charge in [0.25, 0.3) is 5.91 Å². The van der Waals surface area contributed by atoms with Crippen molar-refractivity contribution in [3.05, 3.63) is 54.1 Å². The summed E-state index contributed by atoms with van der Waals surface area (Å²) in [6.45, 7) is 3.16. The van der Waals surface area contributed by atoms with Crippen LogP contribution in [0.25, 0.3) is 0 Å². The molecule has 1 saturated heterocycles. The molecule has 0 radical (unpaired) electrons. The van der Waals surface area contributed by atoms with E-state index in [0.29, 0.717) is 42.7 Å². The van der Waals surface area contributed by atoms with Gasteiger partial charge in [0.1, 0.15) is 5.76 Å². The van der Waals surface area contributed by atoms with Crippen LogP contribution in [0.1, 0.15) is 53.8 Å². The van der Waals surface area contributed by atoms with E-state index < -0.39 is 0 Å². The van der Waals surface area contributed by atoms with Gasteiger partial charge in [0.05, 0.1) is 18.9 Å². The van der Waals surface area contributed by atoms with Gasteiger partial charge in [-0.3, -0.25) is 4.79 Å². The number of aryl methyl sites for hydroxylation is 1. The minimum atomic E-state index is -0.154. The summed E-state index contributed by atoms with van der Waals surface area (Å²) in [5, 5.41) is 4.03. The molecule has 0 bridgehead atoms. The van der Waals surface area contributed by atoms with Gasteiger partial charge in [0.2, 0.25) is 5.89 Å². The smallest absolute Gasteiger partial charge is 0.290 e. The Balaban J connectivity index is 1.50. The highest BCUT2D eigenvalue weighted by molar-refractivity contribution is 5.92. The Morgan fingerprint density at radius 3 is 3.08 bits per heavy atom. The topological polar surface area (TPSA) is 90.2 Å². The maximum absolute atomic E-state index is 12.8. The summed E-state index contributed by atoms with van der Waals surface area (Å²) >= 11 is 0. The van der Waals surface area contributed by atoms with Gasteiger partial charge in [0.15, 0.2) is 11.6 Å². The van der Waals surface area contributed by atoms with E-state index in [1.165, 1.54) is 0 Å². The first-order valence-corrected chi connectivity index (χ1v) is 8.42. The maximum Gasteiger partial charge on any atom is 0.290 e. The molecule has 3 aromatic heterocycles. The average Bonchev–Trinajstić information content (AvgIpc) is 3.39. The third-order valence-corrected chi connectivity index (χ3v) is 4.37. The average molecular weight is 341 g/mol. The lowest BCUT2D eigenvalue weighted by molar-refractivity contribution is 0.0694. The number of rotatable bonds is 5. The number of likely N-dealkylation sites (tertiary alicyclic amines) is 1. The van der Waals surface area contributed by atoms with E-state index in [4.69, 9.17) is 8.94 Å². The Labute approximate surface area is 144 Å². The number of amides is 1. The molecule has 1 atom stereocenters. The van der Waals surface area contributed by atoms with Crippen LogP contribution in [0, 0.1) is 0 Å². The van der Waals surface area contributed by atoms with Crippen LogP contribution in [-0.4, -0.2) is 37.0 Å². The van der Waals surface area contributed by atoms with E-state index >= 15 is 0 Å². The molecule has 1 aliphatic heterocycles. The van der Waals surface area contributed by atoms with Gasteiger partial charge in [-0.25, -0.2) is 4.98 Å². The van der Waals surface area contributed by atoms with Crippen molar-refractivity contribution in [3.8, 4) is 0 Å². The quantitative estimate of drug-likeness (QED) is 0.708. The van der Waals surface area contributed by atoms with Crippen LogP contribution < -0.4 is 0 Å². The molecule has 0 N–H and O–H groups in total. The number of aromatic nitrogens is 4. The molecule has 4 rings (SSSR count). The van der Waals surface area contributed by atoms with E-state index in [-0.39, 0.29) is 11.9 Å². The first-order chi connectivity index (χ1) is 12.2. The summed E-state index contributed by atoms with van der Waals surface area (Å²) in [5.74, 6) is 2.08. The molecular formula is C17H19N5O3. The lowest BCUT2D eigenvalue weighted by Crippen LogP contribution is -2.30. The van der Waals surface area contributed by atoms with Gasteiger partial charge in [-0.2, -0.15) is 4.98 Å². The van der Waals surface area contributed by atoms with Crippen LogP contribution >= 0.6 is 0 Å². The number of hydrogen-bond donors (Lipinski definition) is 0. The van der Waals surface area contributed by atoms with Crippen LogP contribution in [0.4, 0.5) is 0 Å². The van der Waals surface area contributed by atoms with Crippen molar-refractivity contribution >= 4 is 5.91 Å². The zero-order valence-electron chi connectivity index (χ0n) is 14.0. The molecule has 1 aliphatic rings. The summed E-state index contributed by atoms with van der Waals surface area (Å²) < 4.78 is 12.8. The van der Waals surface area contributed by atoms with Gasteiger partial charge in [-0.05, 0) is 25.0 Å². The zero-order chi connectivity index (χ0) is 17.2. The van der Waals surface area contributed by atoms with Crippen LogP contribution in [0.2, 0.25) is 0 Å². The molecule has 25 heavy (non-hydrogen) atoms. The summed E-state index contributed by atoms with van der Waals surface area (Å²) in [7, 11) is 0. The Morgan fingerprint density at radius 1 is 1.40 bits per heavy atom. The molecule has 130 valence electrons. The van der Waals surface area contributed by atoms with Crippen molar-refractivity contribution < 1.29 is 13.7 Å². The zero-order valence-corrected chi connectivity index (χ0v) is 14.0. The fourth-order valence-electron chi connectivity index (χ4n) is 3.10. The molecule has 0 unspecified atom stereocenters. The predicted octanol–water partition coefficient (Wildman–Crippen LogP) is 2.45. The molecule has 0 aromatic carbocycles. The highest BCUT2D eigenvalue weighted by Gasteiger charge is 2.35. The van der Waals surface area contributed by atoms with Gasteiger partial charge < -0.3 is 18.4 Å². The van der Waals surface area contributed by atoms with Crippen molar-refractivity contribution in [1.82, 2.24) is 24.6 Å². The molecule has 0 aliphatic carbocycles. The minimum Gasteiger partial charge on any atom is -0.454 e. The van der Waals surface area contributed by atoms with Crippen LogP contribution in [0.15, 0.2) is 39.8 Å². The Kier molecular flexibility index (Phi) is 4.09. The minimum absolute atomic E-state index is 0.137. The summed E-state index contributed by atoms with van der Waals surface area (Å²) in [6.07, 6.45) is 7.69. The maximum atomic E-state index is 12.8. The summed E-state index contributed by atoms with van der Waals surface area (Å²) in [5.41, 5.74) is 0. The monoisotopic (exact) mass is 341 g/mol. The summed E-state index contributed by atoms with van der Waals surface area (Å²) in [4.78, 5) is 23.0. The lowest BCUT2D eigenvalue weighted by Gasteiger charge is -2.20. The van der Waals surface area contributed by atoms with Crippen molar-refractivity contribution in [2.24, 2.45) is 0 Å².